The Morgan fingerprint density at radius 1 is 1.11 bits per heavy atom. The van der Waals surface area contributed by atoms with E-state index in [1.165, 1.54) is 6.07 Å². The van der Waals surface area contributed by atoms with Crippen LogP contribution in [-0.4, -0.2) is 12.4 Å². The van der Waals surface area contributed by atoms with Crippen LogP contribution in [0.3, 0.4) is 0 Å². The average Bonchev–Trinajstić information content (AvgIpc) is 2.37. The van der Waals surface area contributed by atoms with Crippen molar-refractivity contribution in [1.29, 1.82) is 0 Å². The van der Waals surface area contributed by atoms with Gasteiger partial charge < -0.3 is 4.74 Å². The molecule has 0 unspecified atom stereocenters. The quantitative estimate of drug-likeness (QED) is 0.716. The summed E-state index contributed by atoms with van der Waals surface area (Å²) in [4.78, 5) is 12.0. The summed E-state index contributed by atoms with van der Waals surface area (Å²) in [6.45, 7) is -0.0665. The minimum Gasteiger partial charge on any atom is -0.485 e. The highest BCUT2D eigenvalue weighted by molar-refractivity contribution is 9.10. The van der Waals surface area contributed by atoms with Gasteiger partial charge in [0.05, 0.1) is 5.02 Å². The summed E-state index contributed by atoms with van der Waals surface area (Å²) < 4.78 is 6.35. The predicted octanol–water partition coefficient (Wildman–Crippen LogP) is 5.02. The Hall–Kier alpha value is -1.03. The van der Waals surface area contributed by atoms with Crippen LogP contribution in [0.5, 0.6) is 5.75 Å². The molecule has 19 heavy (non-hydrogen) atoms. The Labute approximate surface area is 129 Å². The van der Waals surface area contributed by atoms with Crippen molar-refractivity contribution < 1.29 is 9.53 Å². The zero-order chi connectivity index (χ0) is 13.8. The van der Waals surface area contributed by atoms with Crippen LogP contribution in [0.1, 0.15) is 10.4 Å². The molecule has 0 aromatic heterocycles. The molecule has 0 heterocycles. The van der Waals surface area contributed by atoms with E-state index in [-0.39, 0.29) is 12.4 Å². The van der Waals surface area contributed by atoms with Crippen molar-refractivity contribution >= 4 is 44.9 Å². The fourth-order valence-corrected chi connectivity index (χ4v) is 2.25. The number of ketones is 1. The van der Waals surface area contributed by atoms with Crippen molar-refractivity contribution in [3.05, 3.63) is 62.5 Å². The van der Waals surface area contributed by atoms with E-state index in [1.807, 2.05) is 12.1 Å². The molecule has 0 aliphatic heterocycles. The highest BCUT2D eigenvalue weighted by Crippen LogP contribution is 2.22. The molecule has 0 N–H and O–H groups in total. The van der Waals surface area contributed by atoms with Gasteiger partial charge in [-0.15, -0.1) is 0 Å². The van der Waals surface area contributed by atoms with Crippen LogP contribution in [0.2, 0.25) is 10.0 Å². The first kappa shape index (κ1) is 14.4. The Morgan fingerprint density at radius 3 is 2.42 bits per heavy atom. The number of halogens is 3. The maximum atomic E-state index is 12.0. The summed E-state index contributed by atoms with van der Waals surface area (Å²) in [5.41, 5.74) is 0.406. The first-order valence-corrected chi connectivity index (χ1v) is 6.98. The smallest absolute Gasteiger partial charge is 0.201 e. The largest absolute Gasteiger partial charge is 0.485 e. The maximum absolute atomic E-state index is 12.0. The van der Waals surface area contributed by atoms with Crippen LogP contribution in [0, 0.1) is 0 Å². The molecule has 0 aliphatic rings. The molecule has 2 rings (SSSR count). The maximum Gasteiger partial charge on any atom is 0.201 e. The van der Waals surface area contributed by atoms with Crippen molar-refractivity contribution in [1.82, 2.24) is 0 Å². The van der Waals surface area contributed by atoms with Gasteiger partial charge in [0.2, 0.25) is 5.78 Å². The number of Topliss-reactive ketones (excluding diaryl/α,β-unsaturated/α-hetero) is 1. The molecule has 2 nitrogen and oxygen atoms in total. The van der Waals surface area contributed by atoms with Crippen LogP contribution in [0.4, 0.5) is 0 Å². The second-order valence-electron chi connectivity index (χ2n) is 3.79. The Morgan fingerprint density at radius 2 is 1.79 bits per heavy atom. The molecule has 2 aromatic carbocycles. The van der Waals surface area contributed by atoms with Gasteiger partial charge in [-0.2, -0.15) is 0 Å². The monoisotopic (exact) mass is 358 g/mol. The fraction of sp³-hybridized carbons (Fsp3) is 0.0714. The third-order valence-electron chi connectivity index (χ3n) is 2.42. The van der Waals surface area contributed by atoms with Crippen molar-refractivity contribution in [2.75, 3.05) is 6.61 Å². The van der Waals surface area contributed by atoms with Crippen LogP contribution in [-0.2, 0) is 0 Å². The van der Waals surface area contributed by atoms with E-state index in [9.17, 15) is 4.79 Å². The molecule has 5 heteroatoms. The van der Waals surface area contributed by atoms with Crippen LogP contribution in [0.25, 0.3) is 0 Å². The second-order valence-corrected chi connectivity index (χ2v) is 5.55. The lowest BCUT2D eigenvalue weighted by molar-refractivity contribution is 0.0921. The van der Waals surface area contributed by atoms with Crippen LogP contribution in [0.15, 0.2) is 46.9 Å². The third kappa shape index (κ3) is 3.96. The minimum absolute atomic E-state index is 0.0665. The molecule has 0 bridgehead atoms. The molecule has 0 saturated carbocycles. The molecule has 0 saturated heterocycles. The number of rotatable bonds is 4. The van der Waals surface area contributed by atoms with Crippen molar-refractivity contribution in [2.24, 2.45) is 0 Å². The van der Waals surface area contributed by atoms with Gasteiger partial charge >= 0.3 is 0 Å². The van der Waals surface area contributed by atoms with Crippen LogP contribution >= 0.6 is 39.1 Å². The summed E-state index contributed by atoms with van der Waals surface area (Å²) in [5, 5.41) is 0.826. The number of carbonyl (C=O) groups excluding carboxylic acids is 1. The molecule has 0 spiro atoms. The predicted molar refractivity (Wildman–Crippen MR) is 80.4 cm³/mol. The number of ether oxygens (including phenoxy) is 1. The van der Waals surface area contributed by atoms with Crippen molar-refractivity contribution in [2.45, 2.75) is 0 Å². The zero-order valence-electron chi connectivity index (χ0n) is 9.70. The van der Waals surface area contributed by atoms with E-state index in [0.717, 1.165) is 4.47 Å². The number of benzene rings is 2. The SMILES string of the molecule is O=C(COc1ccc(Br)cc1)c1ccc(Cl)cc1Cl. The Bertz CT molecular complexity index is 597. The van der Waals surface area contributed by atoms with Gasteiger partial charge in [-0.05, 0) is 42.5 Å². The number of carbonyl (C=O) groups is 1. The van der Waals surface area contributed by atoms with Gasteiger partial charge in [0, 0.05) is 15.1 Å². The van der Waals surface area contributed by atoms with Gasteiger partial charge in [0.25, 0.3) is 0 Å². The molecule has 0 atom stereocenters. The first-order valence-electron chi connectivity index (χ1n) is 5.43. The Kier molecular flexibility index (Phi) is 4.86. The molecule has 98 valence electrons. The molecule has 0 radical (unpaired) electrons. The van der Waals surface area contributed by atoms with E-state index in [1.54, 1.807) is 24.3 Å². The first-order chi connectivity index (χ1) is 9.06. The van der Waals surface area contributed by atoms with Crippen LogP contribution < -0.4 is 4.74 Å². The van der Waals surface area contributed by atoms with Gasteiger partial charge in [0.1, 0.15) is 5.75 Å². The molecule has 0 aliphatic carbocycles. The highest BCUT2D eigenvalue weighted by Gasteiger charge is 2.11. The summed E-state index contributed by atoms with van der Waals surface area (Å²) in [7, 11) is 0. The summed E-state index contributed by atoms with van der Waals surface area (Å²) in [5.74, 6) is 0.436. The van der Waals surface area contributed by atoms with E-state index in [0.29, 0.717) is 21.4 Å². The third-order valence-corrected chi connectivity index (χ3v) is 3.49. The van der Waals surface area contributed by atoms with E-state index < -0.39 is 0 Å². The lowest BCUT2D eigenvalue weighted by Gasteiger charge is -2.07. The summed E-state index contributed by atoms with van der Waals surface area (Å²) >= 11 is 15.1. The molecule has 2 aromatic rings. The average molecular weight is 360 g/mol. The second kappa shape index (κ2) is 6.42. The van der Waals surface area contributed by atoms with Crippen molar-refractivity contribution in [3.8, 4) is 5.75 Å². The van der Waals surface area contributed by atoms with Gasteiger partial charge in [-0.3, -0.25) is 4.79 Å². The Balaban J connectivity index is 2.03. The van der Waals surface area contributed by atoms with Gasteiger partial charge in [-0.25, -0.2) is 0 Å². The van der Waals surface area contributed by atoms with Crippen molar-refractivity contribution in [3.63, 3.8) is 0 Å². The van der Waals surface area contributed by atoms with E-state index in [4.69, 9.17) is 27.9 Å². The lowest BCUT2D eigenvalue weighted by atomic mass is 10.1. The molecule has 0 fully saturated rings. The summed E-state index contributed by atoms with van der Waals surface area (Å²) in [6.07, 6.45) is 0. The fourth-order valence-electron chi connectivity index (χ4n) is 1.47. The molecular formula is C14H9BrCl2O2. The van der Waals surface area contributed by atoms with Gasteiger partial charge in [-0.1, -0.05) is 39.1 Å². The minimum atomic E-state index is -0.190. The van der Waals surface area contributed by atoms with E-state index >= 15 is 0 Å². The summed E-state index contributed by atoms with van der Waals surface area (Å²) in [6, 6.07) is 12.0. The number of hydrogen-bond donors (Lipinski definition) is 0. The zero-order valence-corrected chi connectivity index (χ0v) is 12.8. The normalized spacial score (nSPS) is 10.3. The topological polar surface area (TPSA) is 26.3 Å². The molecular weight excluding hydrogens is 351 g/mol. The number of hydrogen-bond acceptors (Lipinski definition) is 2. The lowest BCUT2D eigenvalue weighted by Crippen LogP contribution is -2.12. The molecule has 0 amide bonds. The van der Waals surface area contributed by atoms with Gasteiger partial charge in [0.15, 0.2) is 6.61 Å². The van der Waals surface area contributed by atoms with E-state index in [2.05, 4.69) is 15.9 Å². The highest BCUT2D eigenvalue weighted by atomic mass is 79.9. The standard InChI is InChI=1S/C14H9BrCl2O2/c15-9-1-4-11(5-2-9)19-8-14(18)12-6-3-10(16)7-13(12)17/h1-7H,8H2.